The second-order valence-electron chi connectivity index (χ2n) is 1.90. The Kier molecular flexibility index (Phi) is 2.78. The maximum Gasteiger partial charge on any atom is 0.235 e. The largest absolute Gasteiger partial charge is 0.244 e. The lowest BCUT2D eigenvalue weighted by molar-refractivity contribution is 0.563. The smallest absolute Gasteiger partial charge is 0.235 e. The van der Waals surface area contributed by atoms with E-state index in [-0.39, 0.29) is 0 Å². The van der Waals surface area contributed by atoms with Crippen LogP contribution in [0.4, 0.5) is 0 Å². The average molecular weight is 169 g/mol. The minimum absolute atomic E-state index is 0.313. The fourth-order valence-electron chi connectivity index (χ4n) is 0.624. The molecule has 0 radical (unpaired) electrons. The molecule has 0 aliphatic rings. The quantitative estimate of drug-likeness (QED) is 0.382. The van der Waals surface area contributed by atoms with Crippen LogP contribution in [-0.2, 0) is 11.3 Å². The number of rotatable bonds is 2. The summed E-state index contributed by atoms with van der Waals surface area (Å²) in [4.78, 5) is 16.9. The molecule has 1 aromatic heterocycles. The first-order valence-electron chi connectivity index (χ1n) is 2.97. The average Bonchev–Trinajstić information content (AvgIpc) is 2.04. The lowest BCUT2D eigenvalue weighted by atomic mass is 10.3. The third-order valence-electron chi connectivity index (χ3n) is 1.11. The minimum atomic E-state index is 0.313. The van der Waals surface area contributed by atoms with Crippen molar-refractivity contribution >= 4 is 17.7 Å². The molecular formula is C7H5ClN2O. The van der Waals surface area contributed by atoms with E-state index in [9.17, 15) is 4.79 Å². The van der Waals surface area contributed by atoms with E-state index in [1.807, 2.05) is 0 Å². The maximum atomic E-state index is 9.71. The number of carbonyl (C=O) groups excluding carboxylic acids is 1. The maximum absolute atomic E-state index is 9.71. The zero-order valence-electron chi connectivity index (χ0n) is 5.62. The Labute approximate surface area is 68.7 Å². The molecule has 1 aromatic rings. The van der Waals surface area contributed by atoms with Gasteiger partial charge in [0.2, 0.25) is 6.08 Å². The van der Waals surface area contributed by atoms with Gasteiger partial charge in [-0.15, -0.1) is 0 Å². The molecule has 0 saturated carbocycles. The third-order valence-corrected chi connectivity index (χ3v) is 1.34. The van der Waals surface area contributed by atoms with Crippen LogP contribution in [0, 0.1) is 0 Å². The van der Waals surface area contributed by atoms with Crippen LogP contribution in [0.3, 0.4) is 0 Å². The van der Waals surface area contributed by atoms with Crippen LogP contribution >= 0.6 is 11.6 Å². The Morgan fingerprint density at radius 3 is 3.00 bits per heavy atom. The Hall–Kier alpha value is -1.18. The molecule has 0 saturated heterocycles. The Bertz CT molecular complexity index is 277. The van der Waals surface area contributed by atoms with Gasteiger partial charge in [0.1, 0.15) is 5.15 Å². The number of hydrogen-bond donors (Lipinski definition) is 0. The van der Waals surface area contributed by atoms with E-state index in [0.29, 0.717) is 11.7 Å². The van der Waals surface area contributed by atoms with Crippen LogP contribution < -0.4 is 0 Å². The summed E-state index contributed by atoms with van der Waals surface area (Å²) in [5.74, 6) is 0. The summed E-state index contributed by atoms with van der Waals surface area (Å²) < 4.78 is 0. The van der Waals surface area contributed by atoms with Crippen LogP contribution in [-0.4, -0.2) is 11.1 Å². The van der Waals surface area contributed by atoms with Crippen molar-refractivity contribution in [1.29, 1.82) is 0 Å². The fraction of sp³-hybridized carbons (Fsp3) is 0.143. The molecule has 0 amide bonds. The lowest BCUT2D eigenvalue weighted by Gasteiger charge is -1.92. The van der Waals surface area contributed by atoms with Crippen LogP contribution in [0.15, 0.2) is 23.3 Å². The molecule has 0 aliphatic heterocycles. The fourth-order valence-corrected chi connectivity index (χ4v) is 0.735. The Morgan fingerprint density at radius 2 is 2.45 bits per heavy atom. The van der Waals surface area contributed by atoms with E-state index in [1.165, 1.54) is 6.08 Å². The molecule has 0 bridgehead atoms. The highest BCUT2D eigenvalue weighted by atomic mass is 35.5. The number of aliphatic imine (C=N–C) groups is 1. The van der Waals surface area contributed by atoms with Gasteiger partial charge in [-0.3, -0.25) is 0 Å². The van der Waals surface area contributed by atoms with E-state index in [1.54, 1.807) is 18.3 Å². The normalized spacial score (nSPS) is 8.82. The molecular weight excluding hydrogens is 164 g/mol. The molecule has 0 aromatic carbocycles. The van der Waals surface area contributed by atoms with E-state index >= 15 is 0 Å². The second kappa shape index (κ2) is 3.86. The van der Waals surface area contributed by atoms with Crippen LogP contribution in [0.5, 0.6) is 0 Å². The van der Waals surface area contributed by atoms with Gasteiger partial charge >= 0.3 is 0 Å². The summed E-state index contributed by atoms with van der Waals surface area (Å²) in [5, 5.41) is 0.434. The molecule has 0 unspecified atom stereocenters. The number of aromatic nitrogens is 1. The predicted molar refractivity (Wildman–Crippen MR) is 41.1 cm³/mol. The molecule has 56 valence electrons. The summed E-state index contributed by atoms with van der Waals surface area (Å²) >= 11 is 5.53. The van der Waals surface area contributed by atoms with Crippen LogP contribution in [0.25, 0.3) is 0 Å². The van der Waals surface area contributed by atoms with Gasteiger partial charge in [-0.1, -0.05) is 17.7 Å². The number of nitrogens with zero attached hydrogens (tertiary/aromatic N) is 2. The van der Waals surface area contributed by atoms with Crippen LogP contribution in [0.2, 0.25) is 5.15 Å². The highest BCUT2D eigenvalue weighted by Crippen LogP contribution is 2.05. The van der Waals surface area contributed by atoms with Crippen molar-refractivity contribution in [2.75, 3.05) is 0 Å². The predicted octanol–water partition coefficient (Wildman–Crippen LogP) is 1.57. The summed E-state index contributed by atoms with van der Waals surface area (Å²) in [5.41, 5.74) is 0.845. The first-order valence-corrected chi connectivity index (χ1v) is 3.35. The molecule has 4 heteroatoms. The number of hydrogen-bond acceptors (Lipinski definition) is 3. The van der Waals surface area contributed by atoms with Gasteiger partial charge in [-0.25, -0.2) is 14.8 Å². The van der Waals surface area contributed by atoms with Gasteiger partial charge in [-0.05, 0) is 11.6 Å². The monoisotopic (exact) mass is 168 g/mol. The zero-order chi connectivity index (χ0) is 8.10. The number of pyridine rings is 1. The van der Waals surface area contributed by atoms with Gasteiger partial charge in [0.25, 0.3) is 0 Å². The van der Waals surface area contributed by atoms with E-state index in [2.05, 4.69) is 9.98 Å². The molecule has 3 nitrogen and oxygen atoms in total. The molecule has 1 rings (SSSR count). The van der Waals surface area contributed by atoms with Crippen molar-refractivity contribution in [2.45, 2.75) is 6.54 Å². The Balaban J connectivity index is 2.73. The summed E-state index contributed by atoms with van der Waals surface area (Å²) in [6, 6.07) is 3.41. The molecule has 11 heavy (non-hydrogen) atoms. The van der Waals surface area contributed by atoms with E-state index < -0.39 is 0 Å². The SMILES string of the molecule is O=C=NCc1ccc(Cl)nc1. The van der Waals surface area contributed by atoms with E-state index in [4.69, 9.17) is 11.6 Å². The minimum Gasteiger partial charge on any atom is -0.244 e. The Morgan fingerprint density at radius 1 is 1.64 bits per heavy atom. The van der Waals surface area contributed by atoms with Gasteiger partial charge < -0.3 is 0 Å². The highest BCUT2D eigenvalue weighted by molar-refractivity contribution is 6.29. The molecule has 1 heterocycles. The summed E-state index contributed by atoms with van der Waals surface area (Å²) in [6.07, 6.45) is 3.02. The number of isocyanates is 1. The van der Waals surface area contributed by atoms with Crippen LogP contribution in [0.1, 0.15) is 5.56 Å². The molecule has 0 atom stereocenters. The van der Waals surface area contributed by atoms with Gasteiger partial charge in [-0.2, -0.15) is 0 Å². The first-order chi connectivity index (χ1) is 5.33. The third kappa shape index (κ3) is 2.50. The topological polar surface area (TPSA) is 42.3 Å². The van der Waals surface area contributed by atoms with Gasteiger partial charge in [0, 0.05) is 6.20 Å². The molecule has 0 fully saturated rings. The summed E-state index contributed by atoms with van der Waals surface area (Å²) in [6.45, 7) is 0.313. The van der Waals surface area contributed by atoms with Crippen molar-refractivity contribution < 1.29 is 4.79 Å². The van der Waals surface area contributed by atoms with Gasteiger partial charge in [0.05, 0.1) is 6.54 Å². The van der Waals surface area contributed by atoms with Crippen molar-refractivity contribution in [1.82, 2.24) is 4.98 Å². The van der Waals surface area contributed by atoms with Crippen molar-refractivity contribution in [3.8, 4) is 0 Å². The molecule has 0 spiro atoms. The highest BCUT2D eigenvalue weighted by Gasteiger charge is 1.90. The van der Waals surface area contributed by atoms with E-state index in [0.717, 1.165) is 5.56 Å². The van der Waals surface area contributed by atoms with Crippen molar-refractivity contribution in [3.05, 3.63) is 29.0 Å². The van der Waals surface area contributed by atoms with Gasteiger partial charge in [0.15, 0.2) is 0 Å². The molecule has 0 aliphatic carbocycles. The standard InChI is InChI=1S/C7H5ClN2O/c8-7-2-1-6(4-10-7)3-9-5-11/h1-2,4H,3H2. The number of halogens is 1. The lowest BCUT2D eigenvalue weighted by Crippen LogP contribution is -1.82. The zero-order valence-corrected chi connectivity index (χ0v) is 6.38. The molecule has 0 N–H and O–H groups in total. The summed E-state index contributed by atoms with van der Waals surface area (Å²) in [7, 11) is 0. The van der Waals surface area contributed by atoms with Crippen molar-refractivity contribution in [2.24, 2.45) is 4.99 Å². The van der Waals surface area contributed by atoms with Crippen molar-refractivity contribution in [3.63, 3.8) is 0 Å². The first kappa shape index (κ1) is 7.92. The second-order valence-corrected chi connectivity index (χ2v) is 2.28.